The molecule has 21 heavy (non-hydrogen) atoms. The van der Waals surface area contributed by atoms with E-state index in [0.29, 0.717) is 23.1 Å². The highest BCUT2D eigenvalue weighted by molar-refractivity contribution is 5.74. The molecular weight excluding hydrogens is 264 g/mol. The van der Waals surface area contributed by atoms with Crippen LogP contribution >= 0.6 is 0 Å². The minimum atomic E-state index is 0.585. The highest BCUT2D eigenvalue weighted by Crippen LogP contribution is 2.26. The minimum absolute atomic E-state index is 0.585. The number of hydrogen-bond donors (Lipinski definition) is 2. The lowest BCUT2D eigenvalue weighted by molar-refractivity contribution is 0.370. The molecule has 0 aliphatic rings. The third-order valence-corrected chi connectivity index (χ3v) is 3.82. The molecule has 0 amide bonds. The lowest BCUT2D eigenvalue weighted by Gasteiger charge is -2.15. The second-order valence-corrected chi connectivity index (χ2v) is 5.45. The smallest absolute Gasteiger partial charge is 0.184 e. The van der Waals surface area contributed by atoms with Gasteiger partial charge in [0.15, 0.2) is 5.82 Å². The molecule has 2 rings (SSSR count). The fourth-order valence-electron chi connectivity index (χ4n) is 2.47. The van der Waals surface area contributed by atoms with E-state index in [1.807, 2.05) is 16.8 Å². The molecular formula is C15H24N6. The average Bonchev–Trinajstić information content (AvgIpc) is 2.91. The number of nitrogens with zero attached hydrogens (tertiary/aromatic N) is 4. The van der Waals surface area contributed by atoms with Crippen LogP contribution in [-0.2, 0) is 6.54 Å². The monoisotopic (exact) mass is 288 g/mol. The van der Waals surface area contributed by atoms with Gasteiger partial charge in [0.1, 0.15) is 0 Å². The predicted octanol–water partition coefficient (Wildman–Crippen LogP) is 2.72. The molecule has 0 radical (unpaired) electrons. The summed E-state index contributed by atoms with van der Waals surface area (Å²) in [4.78, 5) is 0. The van der Waals surface area contributed by atoms with Crippen molar-refractivity contribution in [1.29, 1.82) is 0 Å². The lowest BCUT2D eigenvalue weighted by atomic mass is 9.99. The molecule has 1 heterocycles. The van der Waals surface area contributed by atoms with Crippen molar-refractivity contribution in [2.45, 2.75) is 46.1 Å². The van der Waals surface area contributed by atoms with E-state index in [1.165, 1.54) is 19.3 Å². The van der Waals surface area contributed by atoms with Crippen LogP contribution in [0.4, 0.5) is 11.4 Å². The minimum Gasteiger partial charge on any atom is -0.399 e. The third kappa shape index (κ3) is 3.71. The lowest BCUT2D eigenvalue weighted by Crippen LogP contribution is -2.13. The van der Waals surface area contributed by atoms with E-state index in [4.69, 9.17) is 11.5 Å². The zero-order valence-electron chi connectivity index (χ0n) is 12.8. The fourth-order valence-corrected chi connectivity index (χ4v) is 2.47. The molecule has 0 aliphatic heterocycles. The van der Waals surface area contributed by atoms with Gasteiger partial charge in [-0.15, -0.1) is 5.10 Å². The van der Waals surface area contributed by atoms with E-state index in [1.54, 1.807) is 6.07 Å². The Balaban J connectivity index is 2.21. The van der Waals surface area contributed by atoms with E-state index in [-0.39, 0.29) is 0 Å². The van der Waals surface area contributed by atoms with Crippen LogP contribution in [0.15, 0.2) is 18.2 Å². The molecule has 114 valence electrons. The van der Waals surface area contributed by atoms with Crippen LogP contribution in [0.1, 0.15) is 39.5 Å². The van der Waals surface area contributed by atoms with Gasteiger partial charge >= 0.3 is 0 Å². The molecule has 0 saturated heterocycles. The SMILES string of the molecule is CCCCC(CC)Cn1nnnc1-c1ccc(N)cc1N. The van der Waals surface area contributed by atoms with Gasteiger partial charge in [0.25, 0.3) is 0 Å². The Morgan fingerprint density at radius 2 is 2.05 bits per heavy atom. The van der Waals surface area contributed by atoms with Gasteiger partial charge in [0.05, 0.1) is 0 Å². The van der Waals surface area contributed by atoms with Crippen molar-refractivity contribution in [3.8, 4) is 11.4 Å². The number of anilines is 2. The van der Waals surface area contributed by atoms with E-state index >= 15 is 0 Å². The van der Waals surface area contributed by atoms with Crippen LogP contribution in [0.25, 0.3) is 11.4 Å². The number of hydrogen-bond acceptors (Lipinski definition) is 5. The molecule has 1 atom stereocenters. The van der Waals surface area contributed by atoms with E-state index in [9.17, 15) is 0 Å². The summed E-state index contributed by atoms with van der Waals surface area (Å²) >= 11 is 0. The maximum atomic E-state index is 6.04. The summed E-state index contributed by atoms with van der Waals surface area (Å²) in [7, 11) is 0. The Hall–Kier alpha value is -2.11. The van der Waals surface area contributed by atoms with E-state index < -0.39 is 0 Å². The van der Waals surface area contributed by atoms with Gasteiger partial charge in [-0.2, -0.15) is 0 Å². The van der Waals surface area contributed by atoms with Crippen LogP contribution in [-0.4, -0.2) is 20.2 Å². The van der Waals surface area contributed by atoms with Gasteiger partial charge in [-0.3, -0.25) is 0 Å². The van der Waals surface area contributed by atoms with Crippen LogP contribution in [0, 0.1) is 5.92 Å². The second-order valence-electron chi connectivity index (χ2n) is 5.45. The van der Waals surface area contributed by atoms with Crippen molar-refractivity contribution in [2.24, 2.45) is 5.92 Å². The second kappa shape index (κ2) is 7.06. The molecule has 1 unspecified atom stereocenters. The van der Waals surface area contributed by atoms with E-state index in [2.05, 4.69) is 29.4 Å². The number of rotatable bonds is 7. The molecule has 1 aromatic heterocycles. The summed E-state index contributed by atoms with van der Waals surface area (Å²) in [6.07, 6.45) is 4.77. The first-order valence-electron chi connectivity index (χ1n) is 7.57. The number of benzene rings is 1. The van der Waals surface area contributed by atoms with Crippen LogP contribution in [0.5, 0.6) is 0 Å². The Kier molecular flexibility index (Phi) is 5.14. The molecule has 0 aliphatic carbocycles. The quantitative estimate of drug-likeness (QED) is 0.764. The van der Waals surface area contributed by atoms with Gasteiger partial charge in [0.2, 0.25) is 0 Å². The van der Waals surface area contributed by atoms with Crippen molar-refractivity contribution >= 4 is 11.4 Å². The van der Waals surface area contributed by atoms with Gasteiger partial charge in [0, 0.05) is 23.5 Å². The van der Waals surface area contributed by atoms with Gasteiger partial charge < -0.3 is 11.5 Å². The highest BCUT2D eigenvalue weighted by Gasteiger charge is 2.15. The highest BCUT2D eigenvalue weighted by atomic mass is 15.5. The number of tetrazole rings is 1. The van der Waals surface area contributed by atoms with E-state index in [0.717, 1.165) is 18.5 Å². The molecule has 2 aromatic rings. The number of nitrogen functional groups attached to an aromatic ring is 2. The summed E-state index contributed by atoms with van der Waals surface area (Å²) in [6.45, 7) is 5.24. The zero-order chi connectivity index (χ0) is 15.2. The summed E-state index contributed by atoms with van der Waals surface area (Å²) in [5, 5.41) is 12.1. The summed E-state index contributed by atoms with van der Waals surface area (Å²) in [5.74, 6) is 1.30. The van der Waals surface area contributed by atoms with Crippen molar-refractivity contribution in [3.63, 3.8) is 0 Å². The molecule has 6 nitrogen and oxygen atoms in total. The number of unbranched alkanes of at least 4 members (excludes halogenated alkanes) is 1. The molecule has 0 spiro atoms. The van der Waals surface area contributed by atoms with Crippen LogP contribution in [0.3, 0.4) is 0 Å². The number of nitrogens with two attached hydrogens (primary N) is 2. The Morgan fingerprint density at radius 3 is 2.71 bits per heavy atom. The average molecular weight is 288 g/mol. The Morgan fingerprint density at radius 1 is 1.24 bits per heavy atom. The van der Waals surface area contributed by atoms with Crippen molar-refractivity contribution in [2.75, 3.05) is 11.5 Å². The first-order chi connectivity index (χ1) is 10.2. The summed E-state index contributed by atoms with van der Waals surface area (Å²) in [5.41, 5.74) is 13.9. The first-order valence-corrected chi connectivity index (χ1v) is 7.57. The topological polar surface area (TPSA) is 95.6 Å². The maximum absolute atomic E-state index is 6.04. The van der Waals surface area contributed by atoms with Crippen LogP contribution in [0.2, 0.25) is 0 Å². The Bertz CT molecular complexity index is 577. The molecule has 0 saturated carbocycles. The zero-order valence-corrected chi connectivity index (χ0v) is 12.8. The number of aromatic nitrogens is 4. The summed E-state index contributed by atoms with van der Waals surface area (Å²) in [6, 6.07) is 5.43. The largest absolute Gasteiger partial charge is 0.399 e. The Labute approximate surface area is 125 Å². The normalized spacial score (nSPS) is 12.5. The third-order valence-electron chi connectivity index (χ3n) is 3.82. The maximum Gasteiger partial charge on any atom is 0.184 e. The van der Waals surface area contributed by atoms with Gasteiger partial charge in [-0.05, 0) is 41.0 Å². The van der Waals surface area contributed by atoms with Crippen molar-refractivity contribution < 1.29 is 0 Å². The fraction of sp³-hybridized carbons (Fsp3) is 0.533. The molecule has 6 heteroatoms. The summed E-state index contributed by atoms with van der Waals surface area (Å²) < 4.78 is 1.85. The van der Waals surface area contributed by atoms with Gasteiger partial charge in [-0.25, -0.2) is 4.68 Å². The molecule has 4 N–H and O–H groups in total. The first kappa shape index (κ1) is 15.3. The van der Waals surface area contributed by atoms with Crippen molar-refractivity contribution in [3.05, 3.63) is 18.2 Å². The van der Waals surface area contributed by atoms with Gasteiger partial charge in [-0.1, -0.05) is 33.1 Å². The molecule has 0 bridgehead atoms. The van der Waals surface area contributed by atoms with Crippen LogP contribution < -0.4 is 11.5 Å². The molecule has 0 fully saturated rings. The van der Waals surface area contributed by atoms with Crippen molar-refractivity contribution in [1.82, 2.24) is 20.2 Å². The predicted molar refractivity (Wildman–Crippen MR) is 85.4 cm³/mol. The molecule has 1 aromatic carbocycles. The standard InChI is InChI=1S/C15H24N6/c1-3-5-6-11(4-2)10-21-15(18-19-20-21)13-8-7-12(16)9-14(13)17/h7-9,11H,3-6,10,16-17H2,1-2H3.